The first-order chi connectivity index (χ1) is 12.4. The number of carbonyl (C=O) groups is 1. The smallest absolute Gasteiger partial charge is 0.253 e. The van der Waals surface area contributed by atoms with Gasteiger partial charge in [0.15, 0.2) is 0 Å². The number of sulfonamides is 1. The Morgan fingerprint density at radius 2 is 1.96 bits per heavy atom. The highest BCUT2D eigenvalue weighted by atomic mass is 35.5. The second-order valence-electron chi connectivity index (χ2n) is 6.26. The molecule has 0 radical (unpaired) electrons. The molecule has 26 heavy (non-hydrogen) atoms. The number of halogens is 1. The normalized spacial score (nSPS) is 16.4. The molecule has 2 aromatic rings. The second-order valence-corrected chi connectivity index (χ2v) is 8.57. The lowest BCUT2D eigenvalue weighted by Gasteiger charge is -2.32. The second kappa shape index (κ2) is 7.73. The van der Waals surface area contributed by atoms with Gasteiger partial charge in [-0.3, -0.25) is 9.78 Å². The van der Waals surface area contributed by atoms with Crippen LogP contribution in [0.2, 0.25) is 5.02 Å². The van der Waals surface area contributed by atoms with E-state index in [2.05, 4.69) is 10.3 Å². The molecule has 8 heteroatoms. The Kier molecular flexibility index (Phi) is 5.60. The summed E-state index contributed by atoms with van der Waals surface area (Å²) in [7, 11) is -3.59. The molecule has 1 saturated heterocycles. The lowest BCUT2D eigenvalue weighted by molar-refractivity contribution is 0.0923. The summed E-state index contributed by atoms with van der Waals surface area (Å²) in [5.41, 5.74) is 1.05. The molecule has 0 atom stereocenters. The Labute approximate surface area is 158 Å². The summed E-state index contributed by atoms with van der Waals surface area (Å²) in [5, 5.41) is 3.38. The first-order valence-corrected chi connectivity index (χ1v) is 10.2. The maximum absolute atomic E-state index is 12.9. The number of nitrogens with one attached hydrogen (secondary N) is 1. The minimum atomic E-state index is -3.59. The van der Waals surface area contributed by atoms with Gasteiger partial charge in [0.05, 0.1) is 10.5 Å². The third-order valence-corrected chi connectivity index (χ3v) is 7.00. The van der Waals surface area contributed by atoms with Crippen molar-refractivity contribution >= 4 is 27.5 Å². The molecule has 0 saturated carbocycles. The summed E-state index contributed by atoms with van der Waals surface area (Å²) >= 11 is 6.06. The van der Waals surface area contributed by atoms with Crippen LogP contribution in [0.25, 0.3) is 0 Å². The van der Waals surface area contributed by atoms with Crippen molar-refractivity contribution in [3.8, 4) is 0 Å². The molecule has 1 aromatic carbocycles. The molecule has 2 heterocycles. The van der Waals surface area contributed by atoms with E-state index in [9.17, 15) is 13.2 Å². The molecule has 1 aliphatic heterocycles. The summed E-state index contributed by atoms with van der Waals surface area (Å²) in [6.45, 7) is 2.41. The van der Waals surface area contributed by atoms with Crippen LogP contribution in [-0.2, 0) is 10.0 Å². The van der Waals surface area contributed by atoms with E-state index in [0.29, 0.717) is 42.1 Å². The molecule has 0 unspecified atom stereocenters. The minimum Gasteiger partial charge on any atom is -0.349 e. The van der Waals surface area contributed by atoms with Crippen LogP contribution in [0.5, 0.6) is 0 Å². The number of amides is 1. The van der Waals surface area contributed by atoms with Crippen molar-refractivity contribution in [2.75, 3.05) is 13.1 Å². The van der Waals surface area contributed by atoms with Gasteiger partial charge in [0.2, 0.25) is 10.0 Å². The Morgan fingerprint density at radius 1 is 1.23 bits per heavy atom. The van der Waals surface area contributed by atoms with Gasteiger partial charge in [-0.25, -0.2) is 8.42 Å². The highest BCUT2D eigenvalue weighted by Gasteiger charge is 2.31. The van der Waals surface area contributed by atoms with Crippen LogP contribution in [-0.4, -0.2) is 42.7 Å². The molecular weight excluding hydrogens is 374 g/mol. The lowest BCUT2D eigenvalue weighted by Crippen LogP contribution is -2.46. The molecule has 1 N–H and O–H groups in total. The van der Waals surface area contributed by atoms with Crippen molar-refractivity contribution in [3.05, 3.63) is 58.9 Å². The summed E-state index contributed by atoms with van der Waals surface area (Å²) in [4.78, 5) is 16.4. The Morgan fingerprint density at radius 3 is 2.62 bits per heavy atom. The zero-order chi connectivity index (χ0) is 18.7. The van der Waals surface area contributed by atoms with Gasteiger partial charge >= 0.3 is 0 Å². The lowest BCUT2D eigenvalue weighted by atomic mass is 10.1. The average molecular weight is 394 g/mol. The molecule has 1 aliphatic rings. The Hall–Kier alpha value is -1.96. The van der Waals surface area contributed by atoms with Crippen molar-refractivity contribution < 1.29 is 13.2 Å². The third-order valence-electron chi connectivity index (χ3n) is 4.55. The molecule has 1 aromatic heterocycles. The fraction of sp³-hybridized carbons (Fsp3) is 0.333. The molecule has 1 fully saturated rings. The number of aromatic nitrogens is 1. The Balaban J connectivity index is 1.65. The van der Waals surface area contributed by atoms with E-state index in [4.69, 9.17) is 11.6 Å². The van der Waals surface area contributed by atoms with Gasteiger partial charge < -0.3 is 5.32 Å². The minimum absolute atomic E-state index is 0.0605. The van der Waals surface area contributed by atoms with Crippen LogP contribution in [0.3, 0.4) is 0 Å². The maximum atomic E-state index is 12.9. The molecule has 6 nitrogen and oxygen atoms in total. The number of pyridine rings is 1. The van der Waals surface area contributed by atoms with Crippen LogP contribution < -0.4 is 5.32 Å². The summed E-state index contributed by atoms with van der Waals surface area (Å²) < 4.78 is 27.2. The molecule has 1 amide bonds. The molecule has 0 bridgehead atoms. The van der Waals surface area contributed by atoms with Crippen molar-refractivity contribution in [1.82, 2.24) is 14.6 Å². The van der Waals surface area contributed by atoms with Crippen LogP contribution in [0.15, 0.2) is 47.6 Å². The highest BCUT2D eigenvalue weighted by Crippen LogP contribution is 2.27. The summed E-state index contributed by atoms with van der Waals surface area (Å²) in [6.07, 6.45) is 4.24. The summed E-state index contributed by atoms with van der Waals surface area (Å²) in [6, 6.07) is 8.24. The van der Waals surface area contributed by atoms with E-state index in [-0.39, 0.29) is 16.8 Å². The average Bonchev–Trinajstić information content (AvgIpc) is 2.65. The van der Waals surface area contributed by atoms with Crippen molar-refractivity contribution in [3.63, 3.8) is 0 Å². The van der Waals surface area contributed by atoms with Crippen molar-refractivity contribution in [2.24, 2.45) is 0 Å². The SMILES string of the molecule is Cc1c(Cl)cccc1S(=O)(=O)N1CCC(NC(=O)c2cccnc2)CC1. The van der Waals surface area contributed by atoms with Crippen LogP contribution in [0, 0.1) is 6.92 Å². The van der Waals surface area contributed by atoms with Crippen molar-refractivity contribution in [1.29, 1.82) is 0 Å². The van der Waals surface area contributed by atoms with E-state index < -0.39 is 10.0 Å². The number of nitrogens with zero attached hydrogens (tertiary/aromatic N) is 2. The number of benzene rings is 1. The van der Waals surface area contributed by atoms with Crippen LogP contribution >= 0.6 is 11.6 Å². The molecule has 0 aliphatic carbocycles. The van der Waals surface area contributed by atoms with Gasteiger partial charge in [-0.15, -0.1) is 0 Å². The fourth-order valence-corrected chi connectivity index (χ4v) is 4.96. The molecular formula is C18H20ClN3O3S. The summed E-state index contributed by atoms with van der Waals surface area (Å²) in [5.74, 6) is -0.190. The predicted octanol–water partition coefficient (Wildman–Crippen LogP) is 2.63. The zero-order valence-electron chi connectivity index (χ0n) is 14.4. The first-order valence-electron chi connectivity index (χ1n) is 8.36. The zero-order valence-corrected chi connectivity index (χ0v) is 15.9. The van der Waals surface area contributed by atoms with Crippen LogP contribution in [0.4, 0.5) is 0 Å². The van der Waals surface area contributed by atoms with Gasteiger partial charge in [0, 0.05) is 36.5 Å². The number of carbonyl (C=O) groups excluding carboxylic acids is 1. The van der Waals surface area contributed by atoms with E-state index >= 15 is 0 Å². The van der Waals surface area contributed by atoms with Gasteiger partial charge in [0.25, 0.3) is 5.91 Å². The monoisotopic (exact) mass is 393 g/mol. The van der Waals surface area contributed by atoms with Crippen LogP contribution in [0.1, 0.15) is 28.8 Å². The first kappa shape index (κ1) is 18.8. The predicted molar refractivity (Wildman–Crippen MR) is 99.7 cm³/mol. The molecule has 3 rings (SSSR count). The van der Waals surface area contributed by atoms with E-state index in [1.54, 1.807) is 43.5 Å². The van der Waals surface area contributed by atoms with Gasteiger partial charge in [-0.05, 0) is 49.6 Å². The number of hydrogen-bond donors (Lipinski definition) is 1. The number of piperidine rings is 1. The number of hydrogen-bond acceptors (Lipinski definition) is 4. The number of rotatable bonds is 4. The van der Waals surface area contributed by atoms with E-state index in [1.807, 2.05) is 0 Å². The largest absolute Gasteiger partial charge is 0.349 e. The maximum Gasteiger partial charge on any atom is 0.253 e. The van der Waals surface area contributed by atoms with Crippen molar-refractivity contribution in [2.45, 2.75) is 30.7 Å². The molecule has 138 valence electrons. The van der Waals surface area contributed by atoms with E-state index in [0.717, 1.165) is 0 Å². The quantitative estimate of drug-likeness (QED) is 0.865. The van der Waals surface area contributed by atoms with E-state index in [1.165, 1.54) is 10.5 Å². The van der Waals surface area contributed by atoms with Gasteiger partial charge in [-0.1, -0.05) is 17.7 Å². The highest BCUT2D eigenvalue weighted by molar-refractivity contribution is 7.89. The molecule has 0 spiro atoms. The van der Waals surface area contributed by atoms with Gasteiger partial charge in [-0.2, -0.15) is 4.31 Å². The fourth-order valence-electron chi connectivity index (χ4n) is 3.01. The Bertz CT molecular complexity index is 895. The topological polar surface area (TPSA) is 79.4 Å². The third kappa shape index (κ3) is 3.90. The standard InChI is InChI=1S/C18H20ClN3O3S/c1-13-16(19)5-2-6-17(13)26(24,25)22-10-7-15(8-11-22)21-18(23)14-4-3-9-20-12-14/h2-6,9,12,15H,7-8,10-11H2,1H3,(H,21,23). The van der Waals surface area contributed by atoms with Gasteiger partial charge in [0.1, 0.15) is 0 Å².